The van der Waals surface area contributed by atoms with Gasteiger partial charge in [0.1, 0.15) is 4.90 Å². The van der Waals surface area contributed by atoms with Crippen LogP contribution in [-0.2, 0) is 14.8 Å². The number of nitrogens with zero attached hydrogens (tertiary/aromatic N) is 1. The number of sulfonamides is 1. The predicted molar refractivity (Wildman–Crippen MR) is 64.1 cm³/mol. The van der Waals surface area contributed by atoms with Gasteiger partial charge in [0, 0.05) is 6.54 Å². The number of H-pyrrole nitrogens is 1. The largest absolute Gasteiger partial charge is 0.376 e. The van der Waals surface area contributed by atoms with E-state index < -0.39 is 10.0 Å². The molecule has 0 atom stereocenters. The van der Waals surface area contributed by atoms with E-state index in [0.717, 1.165) is 5.57 Å². The molecule has 0 amide bonds. The quantitative estimate of drug-likeness (QED) is 0.554. The molecule has 7 heteroatoms. The first-order valence-electron chi connectivity index (χ1n) is 5.15. The number of aryl methyl sites for hydroxylation is 1. The number of rotatable bonds is 7. The van der Waals surface area contributed by atoms with Crippen LogP contribution in [0.25, 0.3) is 0 Å². The van der Waals surface area contributed by atoms with Crippen molar-refractivity contribution in [2.24, 2.45) is 0 Å². The summed E-state index contributed by atoms with van der Waals surface area (Å²) in [4.78, 5) is 0.164. The molecule has 1 aromatic heterocycles. The van der Waals surface area contributed by atoms with Gasteiger partial charge in [-0.2, -0.15) is 5.10 Å². The van der Waals surface area contributed by atoms with Crippen molar-refractivity contribution < 1.29 is 13.2 Å². The number of aromatic nitrogens is 2. The molecule has 0 aliphatic carbocycles. The lowest BCUT2D eigenvalue weighted by atomic mass is 10.4. The maximum absolute atomic E-state index is 11.8. The van der Waals surface area contributed by atoms with Crippen LogP contribution in [0.5, 0.6) is 0 Å². The lowest BCUT2D eigenvalue weighted by Crippen LogP contribution is -2.27. The molecule has 96 valence electrons. The Labute approximate surface area is 101 Å². The van der Waals surface area contributed by atoms with Gasteiger partial charge >= 0.3 is 0 Å². The lowest BCUT2D eigenvalue weighted by Gasteiger charge is -2.06. The summed E-state index contributed by atoms with van der Waals surface area (Å²) < 4.78 is 31.2. The summed E-state index contributed by atoms with van der Waals surface area (Å²) in [5.74, 6) is 0. The van der Waals surface area contributed by atoms with Crippen LogP contribution in [0.4, 0.5) is 0 Å². The van der Waals surface area contributed by atoms with Crippen LogP contribution >= 0.6 is 0 Å². The van der Waals surface area contributed by atoms with Gasteiger partial charge in [0.15, 0.2) is 0 Å². The summed E-state index contributed by atoms with van der Waals surface area (Å²) in [7, 11) is -3.49. The van der Waals surface area contributed by atoms with Gasteiger partial charge in [-0.15, -0.1) is 0 Å². The van der Waals surface area contributed by atoms with E-state index in [2.05, 4.69) is 21.5 Å². The fourth-order valence-corrected chi connectivity index (χ4v) is 2.33. The second-order valence-corrected chi connectivity index (χ2v) is 5.50. The summed E-state index contributed by atoms with van der Waals surface area (Å²) in [6.07, 6.45) is 1.28. The van der Waals surface area contributed by atoms with E-state index in [1.165, 1.54) is 6.20 Å². The molecule has 0 spiro atoms. The summed E-state index contributed by atoms with van der Waals surface area (Å²) in [6.45, 7) is 8.14. The second-order valence-electron chi connectivity index (χ2n) is 3.77. The molecular formula is C10H17N3O3S. The highest BCUT2D eigenvalue weighted by Gasteiger charge is 2.17. The first-order valence-corrected chi connectivity index (χ1v) is 6.63. The van der Waals surface area contributed by atoms with Gasteiger partial charge in [0.2, 0.25) is 10.0 Å². The molecule has 0 fully saturated rings. The molecular weight excluding hydrogens is 242 g/mol. The minimum absolute atomic E-state index is 0.164. The zero-order valence-corrected chi connectivity index (χ0v) is 10.8. The van der Waals surface area contributed by atoms with Crippen molar-refractivity contribution in [1.82, 2.24) is 14.9 Å². The first-order chi connectivity index (χ1) is 7.93. The van der Waals surface area contributed by atoms with Gasteiger partial charge in [-0.25, -0.2) is 13.1 Å². The van der Waals surface area contributed by atoms with Crippen LogP contribution in [0.1, 0.15) is 12.6 Å². The molecule has 17 heavy (non-hydrogen) atoms. The number of aromatic amines is 1. The minimum Gasteiger partial charge on any atom is -0.376 e. The van der Waals surface area contributed by atoms with E-state index in [-0.39, 0.29) is 11.4 Å². The average molecular weight is 259 g/mol. The summed E-state index contributed by atoms with van der Waals surface area (Å²) in [5.41, 5.74) is 1.42. The number of hydrogen-bond donors (Lipinski definition) is 2. The van der Waals surface area contributed by atoms with Gasteiger partial charge in [0.05, 0.1) is 25.1 Å². The van der Waals surface area contributed by atoms with Crippen LogP contribution < -0.4 is 4.72 Å². The zero-order chi connectivity index (χ0) is 12.9. The molecule has 0 saturated carbocycles. The molecule has 1 heterocycles. The fraction of sp³-hybridized carbons (Fsp3) is 0.500. The second kappa shape index (κ2) is 5.95. The van der Waals surface area contributed by atoms with Crippen molar-refractivity contribution in [1.29, 1.82) is 0 Å². The van der Waals surface area contributed by atoms with Crippen LogP contribution in [0.15, 0.2) is 23.2 Å². The highest BCUT2D eigenvalue weighted by atomic mass is 32.2. The Morgan fingerprint density at radius 3 is 2.88 bits per heavy atom. The van der Waals surface area contributed by atoms with Crippen molar-refractivity contribution in [3.8, 4) is 0 Å². The van der Waals surface area contributed by atoms with Crippen molar-refractivity contribution in [3.05, 3.63) is 24.0 Å². The van der Waals surface area contributed by atoms with Gasteiger partial charge in [-0.1, -0.05) is 12.2 Å². The Kier molecular flexibility index (Phi) is 4.86. The Morgan fingerprint density at radius 1 is 1.65 bits per heavy atom. The topological polar surface area (TPSA) is 84.1 Å². The molecule has 0 bridgehead atoms. The third-order valence-corrected chi connectivity index (χ3v) is 3.53. The van der Waals surface area contributed by atoms with Crippen LogP contribution in [-0.4, -0.2) is 38.4 Å². The summed E-state index contributed by atoms with van der Waals surface area (Å²) in [6, 6.07) is 0. The van der Waals surface area contributed by atoms with Crippen LogP contribution in [0, 0.1) is 6.92 Å². The number of nitrogens with one attached hydrogen (secondary N) is 2. The molecule has 6 nitrogen and oxygen atoms in total. The number of ether oxygens (including phenoxy) is 1. The summed E-state index contributed by atoms with van der Waals surface area (Å²) in [5, 5.41) is 6.25. The first kappa shape index (κ1) is 13.9. The zero-order valence-electron chi connectivity index (χ0n) is 9.99. The van der Waals surface area contributed by atoms with E-state index in [0.29, 0.717) is 18.9 Å². The van der Waals surface area contributed by atoms with Crippen LogP contribution in [0.2, 0.25) is 0 Å². The SMILES string of the molecule is C=C(C)COCCNS(=O)(=O)c1cn[nH]c1C. The fourth-order valence-electron chi connectivity index (χ4n) is 1.18. The normalized spacial score (nSPS) is 11.6. The predicted octanol–water partition coefficient (Wildman–Crippen LogP) is 0.589. The average Bonchev–Trinajstić information content (AvgIpc) is 2.64. The highest BCUT2D eigenvalue weighted by Crippen LogP contribution is 2.09. The molecule has 1 aromatic rings. The third kappa shape index (κ3) is 4.29. The van der Waals surface area contributed by atoms with E-state index in [1.807, 2.05) is 6.92 Å². The molecule has 0 aromatic carbocycles. The Balaban J connectivity index is 2.41. The monoisotopic (exact) mass is 259 g/mol. The molecule has 1 rings (SSSR count). The van der Waals surface area contributed by atoms with Crippen LogP contribution in [0.3, 0.4) is 0 Å². The third-order valence-electron chi connectivity index (χ3n) is 1.96. The smallest absolute Gasteiger partial charge is 0.244 e. The number of hydrogen-bond acceptors (Lipinski definition) is 4. The Morgan fingerprint density at radius 2 is 2.35 bits per heavy atom. The van der Waals surface area contributed by atoms with E-state index in [1.54, 1.807) is 6.92 Å². The van der Waals surface area contributed by atoms with E-state index in [4.69, 9.17) is 4.74 Å². The van der Waals surface area contributed by atoms with Crippen molar-refractivity contribution >= 4 is 10.0 Å². The minimum atomic E-state index is -3.49. The lowest BCUT2D eigenvalue weighted by molar-refractivity contribution is 0.162. The van der Waals surface area contributed by atoms with Crippen molar-refractivity contribution in [2.45, 2.75) is 18.7 Å². The molecule has 0 aliphatic rings. The molecule has 0 radical (unpaired) electrons. The van der Waals surface area contributed by atoms with E-state index >= 15 is 0 Å². The van der Waals surface area contributed by atoms with Gasteiger partial charge in [-0.05, 0) is 13.8 Å². The maximum Gasteiger partial charge on any atom is 0.244 e. The van der Waals surface area contributed by atoms with Gasteiger partial charge in [-0.3, -0.25) is 5.10 Å². The maximum atomic E-state index is 11.8. The van der Waals surface area contributed by atoms with E-state index in [9.17, 15) is 8.42 Å². The van der Waals surface area contributed by atoms with Gasteiger partial charge < -0.3 is 4.74 Å². The van der Waals surface area contributed by atoms with Crippen molar-refractivity contribution in [2.75, 3.05) is 19.8 Å². The molecule has 2 N–H and O–H groups in total. The highest BCUT2D eigenvalue weighted by molar-refractivity contribution is 7.89. The Hall–Kier alpha value is -1.18. The van der Waals surface area contributed by atoms with Gasteiger partial charge in [0.25, 0.3) is 0 Å². The Bertz CT molecular complexity index is 479. The van der Waals surface area contributed by atoms with Crippen molar-refractivity contribution in [3.63, 3.8) is 0 Å². The standard InChI is InChI=1S/C10H17N3O3S/c1-8(2)7-16-5-4-12-17(14,15)10-6-11-13-9(10)3/h6,12H,1,4-5,7H2,2-3H3,(H,11,13). The molecule has 0 aliphatic heterocycles. The molecule has 0 saturated heterocycles. The molecule has 0 unspecified atom stereocenters. The summed E-state index contributed by atoms with van der Waals surface area (Å²) >= 11 is 0.